The third-order valence-electron chi connectivity index (χ3n) is 1.66. The quantitative estimate of drug-likeness (QED) is 0.682. The van der Waals surface area contributed by atoms with E-state index in [1.165, 1.54) is 4.52 Å². The van der Waals surface area contributed by atoms with Crippen molar-refractivity contribution in [2.45, 2.75) is 13.1 Å². The topological polar surface area (TPSA) is 46.0 Å². The fourth-order valence-electron chi connectivity index (χ4n) is 1.04. The van der Waals surface area contributed by atoms with Crippen LogP contribution < -0.4 is 0 Å². The molecule has 70 valence electrons. The SMILES string of the molecule is Cc1nnc2cc(C(F)(F)F)[nH]n12. The summed E-state index contributed by atoms with van der Waals surface area (Å²) in [5, 5.41) is 9.28. The van der Waals surface area contributed by atoms with Crippen LogP contribution in [0.1, 0.15) is 11.5 Å². The number of hydrogen-bond acceptors (Lipinski definition) is 2. The van der Waals surface area contributed by atoms with Gasteiger partial charge < -0.3 is 0 Å². The Morgan fingerprint density at radius 2 is 2.08 bits per heavy atom. The first-order chi connectivity index (χ1) is 5.98. The van der Waals surface area contributed by atoms with Gasteiger partial charge in [-0.15, -0.1) is 10.2 Å². The summed E-state index contributed by atoms with van der Waals surface area (Å²) in [5.74, 6) is 0.394. The molecule has 0 aliphatic heterocycles. The summed E-state index contributed by atoms with van der Waals surface area (Å²) >= 11 is 0. The number of aryl methyl sites for hydroxylation is 1. The maximum absolute atomic E-state index is 12.1. The number of H-pyrrole nitrogens is 1. The van der Waals surface area contributed by atoms with Gasteiger partial charge in [0, 0.05) is 6.07 Å². The van der Waals surface area contributed by atoms with Crippen molar-refractivity contribution in [3.63, 3.8) is 0 Å². The van der Waals surface area contributed by atoms with E-state index in [0.29, 0.717) is 5.82 Å². The van der Waals surface area contributed by atoms with Crippen molar-refractivity contribution in [3.8, 4) is 0 Å². The van der Waals surface area contributed by atoms with Crippen LogP contribution in [0, 0.1) is 6.92 Å². The van der Waals surface area contributed by atoms with Crippen LogP contribution in [-0.2, 0) is 6.18 Å². The Kier molecular flexibility index (Phi) is 1.39. The van der Waals surface area contributed by atoms with Gasteiger partial charge in [-0.2, -0.15) is 13.2 Å². The Balaban J connectivity index is 2.63. The fraction of sp³-hybridized carbons (Fsp3) is 0.333. The van der Waals surface area contributed by atoms with Gasteiger partial charge in [0.05, 0.1) is 0 Å². The third kappa shape index (κ3) is 1.16. The van der Waals surface area contributed by atoms with Crippen molar-refractivity contribution >= 4 is 5.65 Å². The Morgan fingerprint density at radius 3 is 2.62 bits per heavy atom. The van der Waals surface area contributed by atoms with E-state index in [4.69, 9.17) is 0 Å². The van der Waals surface area contributed by atoms with Gasteiger partial charge in [-0.25, -0.2) is 4.52 Å². The van der Waals surface area contributed by atoms with Crippen LogP contribution in [0.5, 0.6) is 0 Å². The molecule has 7 heteroatoms. The minimum atomic E-state index is -4.37. The molecular weight excluding hydrogens is 185 g/mol. The highest BCUT2D eigenvalue weighted by molar-refractivity contribution is 5.39. The highest BCUT2D eigenvalue weighted by Crippen LogP contribution is 2.28. The molecule has 2 aromatic heterocycles. The molecule has 2 heterocycles. The number of alkyl halides is 3. The largest absolute Gasteiger partial charge is 0.432 e. The van der Waals surface area contributed by atoms with Gasteiger partial charge >= 0.3 is 6.18 Å². The van der Waals surface area contributed by atoms with E-state index in [2.05, 4.69) is 15.3 Å². The monoisotopic (exact) mass is 190 g/mol. The number of nitrogens with one attached hydrogen (secondary N) is 1. The van der Waals surface area contributed by atoms with Gasteiger partial charge in [-0.1, -0.05) is 0 Å². The van der Waals surface area contributed by atoms with E-state index in [0.717, 1.165) is 6.07 Å². The van der Waals surface area contributed by atoms with Crippen LogP contribution in [0.3, 0.4) is 0 Å². The summed E-state index contributed by atoms with van der Waals surface area (Å²) in [6.45, 7) is 1.57. The average molecular weight is 190 g/mol. The summed E-state index contributed by atoms with van der Waals surface area (Å²) in [6, 6.07) is 0.917. The molecule has 0 aromatic carbocycles. The lowest BCUT2D eigenvalue weighted by Crippen LogP contribution is -2.06. The number of aromatic nitrogens is 4. The minimum Gasteiger partial charge on any atom is -0.286 e. The van der Waals surface area contributed by atoms with E-state index in [-0.39, 0.29) is 5.65 Å². The summed E-state index contributed by atoms with van der Waals surface area (Å²) in [4.78, 5) is 0. The molecule has 0 saturated heterocycles. The first kappa shape index (κ1) is 8.09. The zero-order valence-corrected chi connectivity index (χ0v) is 6.55. The molecular formula is C6H5F3N4. The number of hydrogen-bond donors (Lipinski definition) is 1. The lowest BCUT2D eigenvalue weighted by Gasteiger charge is -2.00. The molecule has 2 aromatic rings. The molecule has 0 amide bonds. The number of rotatable bonds is 0. The van der Waals surface area contributed by atoms with Crippen LogP contribution in [0.4, 0.5) is 13.2 Å². The number of halogens is 3. The van der Waals surface area contributed by atoms with Gasteiger partial charge in [0.2, 0.25) is 0 Å². The number of nitrogens with zero attached hydrogens (tertiary/aromatic N) is 3. The molecule has 0 unspecified atom stereocenters. The Bertz CT molecular complexity index is 438. The molecule has 0 saturated carbocycles. The van der Waals surface area contributed by atoms with Crippen LogP contribution in [0.2, 0.25) is 0 Å². The average Bonchev–Trinajstić information content (AvgIpc) is 2.51. The van der Waals surface area contributed by atoms with E-state index < -0.39 is 11.9 Å². The van der Waals surface area contributed by atoms with Crippen molar-refractivity contribution in [2.24, 2.45) is 0 Å². The molecule has 0 bridgehead atoms. The number of fused-ring (bicyclic) bond motifs is 1. The first-order valence-electron chi connectivity index (χ1n) is 3.46. The summed E-state index contributed by atoms with van der Waals surface area (Å²) in [7, 11) is 0. The van der Waals surface area contributed by atoms with E-state index >= 15 is 0 Å². The zero-order chi connectivity index (χ0) is 9.64. The normalized spacial score (nSPS) is 12.6. The summed E-state index contributed by atoms with van der Waals surface area (Å²) in [6.07, 6.45) is -4.37. The van der Waals surface area contributed by atoms with Gasteiger partial charge in [-0.3, -0.25) is 5.10 Å². The van der Waals surface area contributed by atoms with Crippen molar-refractivity contribution in [3.05, 3.63) is 17.6 Å². The Hall–Kier alpha value is -1.53. The third-order valence-corrected chi connectivity index (χ3v) is 1.66. The molecule has 2 rings (SSSR count). The van der Waals surface area contributed by atoms with Crippen molar-refractivity contribution in [2.75, 3.05) is 0 Å². The minimum absolute atomic E-state index is 0.171. The van der Waals surface area contributed by atoms with Crippen LogP contribution >= 0.6 is 0 Å². The van der Waals surface area contributed by atoms with Crippen molar-refractivity contribution < 1.29 is 13.2 Å². The lowest BCUT2D eigenvalue weighted by molar-refractivity contribution is -0.141. The molecule has 13 heavy (non-hydrogen) atoms. The standard InChI is InChI=1S/C6H5F3N4/c1-3-10-11-5-2-4(6(7,8)9)12-13(3)5/h2,12H,1H3. The molecule has 0 radical (unpaired) electrons. The van der Waals surface area contributed by atoms with Crippen LogP contribution in [-0.4, -0.2) is 19.8 Å². The Morgan fingerprint density at radius 1 is 1.38 bits per heavy atom. The number of aromatic amines is 1. The second-order valence-corrected chi connectivity index (χ2v) is 2.61. The van der Waals surface area contributed by atoms with E-state index in [9.17, 15) is 13.2 Å². The van der Waals surface area contributed by atoms with Gasteiger partial charge in [-0.05, 0) is 6.92 Å². The molecule has 0 fully saturated rings. The van der Waals surface area contributed by atoms with Crippen LogP contribution in [0.15, 0.2) is 6.07 Å². The highest BCUT2D eigenvalue weighted by atomic mass is 19.4. The highest BCUT2D eigenvalue weighted by Gasteiger charge is 2.33. The summed E-state index contributed by atoms with van der Waals surface area (Å²) in [5.41, 5.74) is -0.648. The maximum Gasteiger partial charge on any atom is 0.432 e. The fourth-order valence-corrected chi connectivity index (χ4v) is 1.04. The molecule has 4 nitrogen and oxygen atoms in total. The van der Waals surface area contributed by atoms with Gasteiger partial charge in [0.25, 0.3) is 0 Å². The molecule has 1 N–H and O–H groups in total. The maximum atomic E-state index is 12.1. The second-order valence-electron chi connectivity index (χ2n) is 2.61. The summed E-state index contributed by atoms with van der Waals surface area (Å²) < 4.78 is 37.6. The van der Waals surface area contributed by atoms with E-state index in [1.807, 2.05) is 0 Å². The second kappa shape index (κ2) is 2.24. The Labute approximate surface area is 70.4 Å². The zero-order valence-electron chi connectivity index (χ0n) is 6.55. The van der Waals surface area contributed by atoms with Crippen LogP contribution in [0.25, 0.3) is 5.65 Å². The van der Waals surface area contributed by atoms with Crippen molar-refractivity contribution in [1.82, 2.24) is 19.8 Å². The first-order valence-corrected chi connectivity index (χ1v) is 3.46. The molecule has 0 atom stereocenters. The smallest absolute Gasteiger partial charge is 0.286 e. The predicted octanol–water partition coefficient (Wildman–Crippen LogP) is 1.38. The van der Waals surface area contributed by atoms with E-state index in [1.54, 1.807) is 6.92 Å². The molecule has 0 aliphatic rings. The predicted molar refractivity (Wildman–Crippen MR) is 37.1 cm³/mol. The molecule has 0 spiro atoms. The van der Waals surface area contributed by atoms with Gasteiger partial charge in [0.15, 0.2) is 5.65 Å². The van der Waals surface area contributed by atoms with Gasteiger partial charge in [0.1, 0.15) is 11.5 Å². The molecule has 0 aliphatic carbocycles. The van der Waals surface area contributed by atoms with Crippen molar-refractivity contribution in [1.29, 1.82) is 0 Å². The lowest BCUT2D eigenvalue weighted by atomic mass is 10.4.